The van der Waals surface area contributed by atoms with E-state index in [9.17, 15) is 27.3 Å². The molecule has 0 aromatic heterocycles. The number of alkyl halides is 2. The van der Waals surface area contributed by atoms with Crippen molar-refractivity contribution < 1.29 is 31.5 Å². The van der Waals surface area contributed by atoms with Gasteiger partial charge in [0.2, 0.25) is 10.0 Å². The quantitative estimate of drug-likeness (QED) is 0.520. The van der Waals surface area contributed by atoms with Crippen LogP contribution in [0.5, 0.6) is 11.5 Å². The Labute approximate surface area is 165 Å². The van der Waals surface area contributed by atoms with Gasteiger partial charge < -0.3 is 14.8 Å². The van der Waals surface area contributed by atoms with Crippen LogP contribution in [-0.2, 0) is 14.8 Å². The molecule has 0 aliphatic carbocycles. The summed E-state index contributed by atoms with van der Waals surface area (Å²) in [6, 6.07) is 10.7. The topological polar surface area (TPSA) is 132 Å². The lowest BCUT2D eigenvalue weighted by molar-refractivity contribution is -0.112. The third-order valence-electron chi connectivity index (χ3n) is 3.52. The lowest BCUT2D eigenvalue weighted by Gasteiger charge is -2.10. The fraction of sp³-hybridized carbons (Fsp3) is 0.111. The van der Waals surface area contributed by atoms with Gasteiger partial charge in [-0.25, -0.2) is 13.6 Å². The van der Waals surface area contributed by atoms with E-state index in [0.717, 1.165) is 0 Å². The maximum Gasteiger partial charge on any atom is 0.387 e. The van der Waals surface area contributed by atoms with Gasteiger partial charge in [-0.05, 0) is 48.0 Å². The average Bonchev–Trinajstić information content (AvgIpc) is 2.66. The van der Waals surface area contributed by atoms with Gasteiger partial charge in [-0.15, -0.1) is 0 Å². The number of carbonyl (C=O) groups is 1. The molecule has 0 bridgehead atoms. The van der Waals surface area contributed by atoms with Gasteiger partial charge in [0, 0.05) is 5.69 Å². The molecule has 0 saturated carbocycles. The number of rotatable bonds is 7. The molecule has 2 aromatic rings. The first kappa shape index (κ1) is 21.8. The number of hydrogen-bond acceptors (Lipinski definition) is 6. The highest BCUT2D eigenvalue weighted by Crippen LogP contribution is 2.30. The van der Waals surface area contributed by atoms with E-state index in [-0.39, 0.29) is 27.7 Å². The number of primary sulfonamides is 1. The third-order valence-corrected chi connectivity index (χ3v) is 4.45. The molecule has 0 radical (unpaired) electrons. The molecule has 0 spiro atoms. The zero-order valence-electron chi connectivity index (χ0n) is 14.9. The maximum atomic E-state index is 12.4. The van der Waals surface area contributed by atoms with Crippen LogP contribution in [0.3, 0.4) is 0 Å². The van der Waals surface area contributed by atoms with Crippen molar-refractivity contribution in [3.63, 3.8) is 0 Å². The Balaban J connectivity index is 2.23. The van der Waals surface area contributed by atoms with E-state index < -0.39 is 22.5 Å². The molecule has 29 heavy (non-hydrogen) atoms. The minimum absolute atomic E-state index is 0.00432. The number of nitrogens with zero attached hydrogens (tertiary/aromatic N) is 1. The van der Waals surface area contributed by atoms with Gasteiger partial charge in [-0.2, -0.15) is 14.0 Å². The van der Waals surface area contributed by atoms with Crippen LogP contribution in [0.2, 0.25) is 0 Å². The standard InChI is InChI=1S/C18H15F2N3O5S/c1-27-16-9-11(2-7-15(16)28-18(19)20)8-12(10-21)17(24)23-13-3-5-14(6-4-13)29(22,25)26/h2-9,18H,1H3,(H,23,24)(H2,22,25,26)/b12-8-. The fourth-order valence-electron chi connectivity index (χ4n) is 2.21. The van der Waals surface area contributed by atoms with Gasteiger partial charge in [0.1, 0.15) is 11.6 Å². The monoisotopic (exact) mass is 423 g/mol. The zero-order chi connectivity index (χ0) is 21.6. The van der Waals surface area contributed by atoms with Crippen LogP contribution in [0, 0.1) is 11.3 Å². The van der Waals surface area contributed by atoms with Crippen molar-refractivity contribution in [2.24, 2.45) is 5.14 Å². The van der Waals surface area contributed by atoms with E-state index in [1.165, 1.54) is 55.7 Å². The van der Waals surface area contributed by atoms with Crippen LogP contribution in [0.4, 0.5) is 14.5 Å². The minimum atomic E-state index is -3.87. The molecular weight excluding hydrogens is 408 g/mol. The van der Waals surface area contributed by atoms with E-state index in [2.05, 4.69) is 10.1 Å². The SMILES string of the molecule is COc1cc(/C=C(/C#N)C(=O)Nc2ccc(S(N)(=O)=O)cc2)ccc1OC(F)F. The number of amides is 1. The summed E-state index contributed by atoms with van der Waals surface area (Å²) < 4.78 is 56.5. The Morgan fingerprint density at radius 1 is 1.21 bits per heavy atom. The van der Waals surface area contributed by atoms with Crippen molar-refractivity contribution in [3.05, 3.63) is 53.6 Å². The number of nitrogens with two attached hydrogens (primary N) is 1. The molecule has 152 valence electrons. The summed E-state index contributed by atoms with van der Waals surface area (Å²) in [4.78, 5) is 12.2. The first-order chi connectivity index (χ1) is 13.6. The second-order valence-corrected chi connectivity index (χ2v) is 7.04. The number of benzene rings is 2. The second-order valence-electron chi connectivity index (χ2n) is 5.48. The first-order valence-corrected chi connectivity index (χ1v) is 9.37. The van der Waals surface area contributed by atoms with Crippen LogP contribution in [0.15, 0.2) is 52.9 Å². The summed E-state index contributed by atoms with van der Waals surface area (Å²) in [6.07, 6.45) is 1.22. The van der Waals surface area contributed by atoms with E-state index in [1.54, 1.807) is 6.07 Å². The summed E-state index contributed by atoms with van der Waals surface area (Å²) in [5.41, 5.74) is 0.284. The van der Waals surface area contributed by atoms with E-state index >= 15 is 0 Å². The van der Waals surface area contributed by atoms with Crippen molar-refractivity contribution in [1.82, 2.24) is 0 Å². The largest absolute Gasteiger partial charge is 0.493 e. The molecule has 3 N–H and O–H groups in total. The van der Waals surface area contributed by atoms with Gasteiger partial charge in [-0.3, -0.25) is 4.79 Å². The Kier molecular flexibility index (Phi) is 6.87. The number of sulfonamides is 1. The molecule has 11 heteroatoms. The number of halogens is 2. The van der Waals surface area contributed by atoms with Gasteiger partial charge >= 0.3 is 6.61 Å². The lowest BCUT2D eigenvalue weighted by Crippen LogP contribution is -2.14. The maximum absolute atomic E-state index is 12.4. The number of hydrogen-bond donors (Lipinski definition) is 2. The average molecular weight is 423 g/mol. The lowest BCUT2D eigenvalue weighted by atomic mass is 10.1. The van der Waals surface area contributed by atoms with E-state index in [1.807, 2.05) is 0 Å². The van der Waals surface area contributed by atoms with Gasteiger partial charge in [-0.1, -0.05) is 6.07 Å². The highest BCUT2D eigenvalue weighted by atomic mass is 32.2. The highest BCUT2D eigenvalue weighted by molar-refractivity contribution is 7.89. The van der Waals surface area contributed by atoms with Crippen molar-refractivity contribution in [1.29, 1.82) is 5.26 Å². The summed E-state index contributed by atoms with van der Waals surface area (Å²) in [6.45, 7) is -3.04. The Morgan fingerprint density at radius 3 is 2.38 bits per heavy atom. The molecular formula is C18H15F2N3O5S. The molecule has 2 aromatic carbocycles. The third kappa shape index (κ3) is 6.00. The summed E-state index contributed by atoms with van der Waals surface area (Å²) in [7, 11) is -2.62. The second kappa shape index (κ2) is 9.13. The van der Waals surface area contributed by atoms with Crippen molar-refractivity contribution in [2.45, 2.75) is 11.5 Å². The molecule has 0 saturated heterocycles. The summed E-state index contributed by atoms with van der Waals surface area (Å²) in [5.74, 6) is -0.962. The van der Waals surface area contributed by atoms with Gasteiger partial charge in [0.05, 0.1) is 12.0 Å². The van der Waals surface area contributed by atoms with E-state index in [4.69, 9.17) is 9.88 Å². The van der Waals surface area contributed by atoms with Gasteiger partial charge in [0.25, 0.3) is 5.91 Å². The molecule has 0 heterocycles. The van der Waals surface area contributed by atoms with Gasteiger partial charge in [0.15, 0.2) is 11.5 Å². The molecule has 0 aliphatic heterocycles. The van der Waals surface area contributed by atoms with Crippen LogP contribution < -0.4 is 19.9 Å². The Bertz CT molecular complexity index is 1080. The minimum Gasteiger partial charge on any atom is -0.493 e. The predicted molar refractivity (Wildman–Crippen MR) is 99.7 cm³/mol. The molecule has 0 fully saturated rings. The molecule has 8 nitrogen and oxygen atoms in total. The molecule has 1 amide bonds. The zero-order valence-corrected chi connectivity index (χ0v) is 15.7. The molecule has 2 rings (SSSR count). The first-order valence-electron chi connectivity index (χ1n) is 7.83. The summed E-state index contributed by atoms with van der Waals surface area (Å²) >= 11 is 0. The van der Waals surface area contributed by atoms with Crippen molar-refractivity contribution >= 4 is 27.7 Å². The number of nitrogens with one attached hydrogen (secondary N) is 1. The number of methoxy groups -OCH3 is 1. The number of ether oxygens (including phenoxy) is 2. The predicted octanol–water partition coefficient (Wildman–Crippen LogP) is 2.49. The van der Waals surface area contributed by atoms with Crippen molar-refractivity contribution in [3.8, 4) is 17.6 Å². The smallest absolute Gasteiger partial charge is 0.387 e. The van der Waals surface area contributed by atoms with E-state index in [0.29, 0.717) is 5.56 Å². The Morgan fingerprint density at radius 2 is 1.86 bits per heavy atom. The molecule has 0 unspecified atom stereocenters. The molecule has 0 aliphatic rings. The van der Waals surface area contributed by atoms with Crippen molar-refractivity contribution in [2.75, 3.05) is 12.4 Å². The summed E-state index contributed by atoms with van der Waals surface area (Å²) in [5, 5.41) is 16.7. The van der Waals surface area contributed by atoms with Crippen LogP contribution in [0.1, 0.15) is 5.56 Å². The van der Waals surface area contributed by atoms with Crippen LogP contribution in [-0.4, -0.2) is 28.0 Å². The number of anilines is 1. The fourth-order valence-corrected chi connectivity index (χ4v) is 2.72. The Hall–Kier alpha value is -3.49. The van der Waals surface area contributed by atoms with Crippen LogP contribution >= 0.6 is 0 Å². The molecule has 0 atom stereocenters. The number of nitriles is 1. The normalized spacial score (nSPS) is 11.7. The van der Waals surface area contributed by atoms with Crippen LogP contribution in [0.25, 0.3) is 6.08 Å². The highest BCUT2D eigenvalue weighted by Gasteiger charge is 2.14. The number of carbonyl (C=O) groups excluding carboxylic acids is 1.